The summed E-state index contributed by atoms with van der Waals surface area (Å²) in [7, 11) is 0. The van der Waals surface area contributed by atoms with Crippen LogP contribution in [-0.2, 0) is 9.53 Å². The molecule has 2 aliphatic rings. The number of halogens is 1. The van der Waals surface area contributed by atoms with E-state index in [2.05, 4.69) is 0 Å². The molecule has 3 nitrogen and oxygen atoms in total. The van der Waals surface area contributed by atoms with Crippen molar-refractivity contribution in [1.29, 1.82) is 0 Å². The van der Waals surface area contributed by atoms with Gasteiger partial charge in [-0.2, -0.15) is 0 Å². The first-order chi connectivity index (χ1) is 6.49. The van der Waals surface area contributed by atoms with Crippen molar-refractivity contribution in [3.63, 3.8) is 0 Å². The molecule has 1 fully saturated rings. The molecule has 1 atom stereocenters. The molecule has 0 spiro atoms. The van der Waals surface area contributed by atoms with E-state index in [1.807, 2.05) is 6.92 Å². The zero-order valence-electron chi connectivity index (χ0n) is 8.63. The van der Waals surface area contributed by atoms with E-state index < -0.39 is 17.5 Å². The van der Waals surface area contributed by atoms with Crippen molar-refractivity contribution in [3.8, 4) is 0 Å². The normalized spacial score (nSPS) is 30.1. The maximum Gasteiger partial charge on any atom is 0.285 e. The summed E-state index contributed by atoms with van der Waals surface area (Å²) in [4.78, 5) is 13.1. The van der Waals surface area contributed by atoms with Gasteiger partial charge in [0.25, 0.3) is 5.91 Å². The predicted molar refractivity (Wildman–Crippen MR) is 49.1 cm³/mol. The molecule has 0 saturated carbocycles. The Morgan fingerprint density at radius 3 is 2.86 bits per heavy atom. The molecule has 0 aromatic rings. The fourth-order valence-electron chi connectivity index (χ4n) is 2.22. The first kappa shape index (κ1) is 9.65. The van der Waals surface area contributed by atoms with E-state index in [9.17, 15) is 9.18 Å². The largest absolute Gasteiger partial charge is 0.354 e. The molecule has 1 unspecified atom stereocenters. The van der Waals surface area contributed by atoms with Gasteiger partial charge in [-0.1, -0.05) is 6.92 Å². The Kier molecular flexibility index (Phi) is 1.93. The second-order valence-corrected chi connectivity index (χ2v) is 4.14. The van der Waals surface area contributed by atoms with Gasteiger partial charge < -0.3 is 4.74 Å². The van der Waals surface area contributed by atoms with Crippen LogP contribution in [0.2, 0.25) is 0 Å². The number of carbonyl (C=O) groups is 1. The molecule has 2 rings (SSSR count). The maximum atomic E-state index is 13.5. The van der Waals surface area contributed by atoms with Gasteiger partial charge in [-0.3, -0.25) is 9.69 Å². The topological polar surface area (TPSA) is 29.5 Å². The lowest BCUT2D eigenvalue weighted by Crippen LogP contribution is -2.44. The van der Waals surface area contributed by atoms with E-state index in [0.717, 1.165) is 0 Å². The van der Waals surface area contributed by atoms with Crippen LogP contribution in [-0.4, -0.2) is 29.2 Å². The highest BCUT2D eigenvalue weighted by Crippen LogP contribution is 2.39. The summed E-state index contributed by atoms with van der Waals surface area (Å²) in [6.07, 6.45) is 0.568. The lowest BCUT2D eigenvalue weighted by molar-refractivity contribution is -0.140. The molecule has 1 saturated heterocycles. The molecule has 0 radical (unpaired) electrons. The number of hydrogen-bond acceptors (Lipinski definition) is 2. The molecule has 0 bridgehead atoms. The molecule has 1 amide bonds. The third-order valence-electron chi connectivity index (χ3n) is 2.96. The van der Waals surface area contributed by atoms with E-state index in [1.165, 1.54) is 4.90 Å². The van der Waals surface area contributed by atoms with Crippen LogP contribution < -0.4 is 0 Å². The van der Waals surface area contributed by atoms with Crippen LogP contribution in [0.4, 0.5) is 4.39 Å². The standard InChI is InChI=1S/C10H14FNO2/c1-4-6-7-5-14-10(2,3)12(7)9(13)8(6)11/h7H,4-5H2,1-3H3. The maximum absolute atomic E-state index is 13.5. The quantitative estimate of drug-likeness (QED) is 0.642. The van der Waals surface area contributed by atoms with E-state index >= 15 is 0 Å². The van der Waals surface area contributed by atoms with Gasteiger partial charge in [-0.25, -0.2) is 4.39 Å². The number of amides is 1. The summed E-state index contributed by atoms with van der Waals surface area (Å²) >= 11 is 0. The lowest BCUT2D eigenvalue weighted by atomic mass is 10.1. The van der Waals surface area contributed by atoms with Crippen molar-refractivity contribution in [2.75, 3.05) is 6.61 Å². The molecule has 14 heavy (non-hydrogen) atoms. The van der Waals surface area contributed by atoms with E-state index in [1.54, 1.807) is 13.8 Å². The molecule has 0 aromatic carbocycles. The molecule has 2 aliphatic heterocycles. The third kappa shape index (κ3) is 1.03. The van der Waals surface area contributed by atoms with Crippen LogP contribution in [0.1, 0.15) is 27.2 Å². The first-order valence-electron chi connectivity index (χ1n) is 4.85. The summed E-state index contributed by atoms with van der Waals surface area (Å²) in [5.74, 6) is -1.09. The van der Waals surface area contributed by atoms with Crippen molar-refractivity contribution in [2.45, 2.75) is 39.0 Å². The van der Waals surface area contributed by atoms with E-state index in [4.69, 9.17) is 4.74 Å². The van der Waals surface area contributed by atoms with Crippen LogP contribution in [0.25, 0.3) is 0 Å². The SMILES string of the molecule is CCC1=C(F)C(=O)N2C1COC2(C)C. The zero-order valence-corrected chi connectivity index (χ0v) is 8.63. The minimum atomic E-state index is -0.671. The molecule has 0 aromatic heterocycles. The van der Waals surface area contributed by atoms with Crippen LogP contribution >= 0.6 is 0 Å². The van der Waals surface area contributed by atoms with Crippen molar-refractivity contribution in [1.82, 2.24) is 4.90 Å². The average molecular weight is 199 g/mol. The Labute approximate surface area is 82.5 Å². The minimum absolute atomic E-state index is 0.178. The van der Waals surface area contributed by atoms with Gasteiger partial charge in [0.2, 0.25) is 0 Å². The van der Waals surface area contributed by atoms with Crippen LogP contribution in [0.5, 0.6) is 0 Å². The van der Waals surface area contributed by atoms with Crippen LogP contribution in [0.15, 0.2) is 11.4 Å². The average Bonchev–Trinajstić information content (AvgIpc) is 2.53. The monoisotopic (exact) mass is 199 g/mol. The molecule has 78 valence electrons. The fraction of sp³-hybridized carbons (Fsp3) is 0.700. The van der Waals surface area contributed by atoms with E-state index in [0.29, 0.717) is 18.6 Å². The number of hydrogen-bond donors (Lipinski definition) is 0. The van der Waals surface area contributed by atoms with Crippen molar-refractivity contribution in [2.24, 2.45) is 0 Å². The summed E-state index contributed by atoms with van der Waals surface area (Å²) in [5, 5.41) is 0. The van der Waals surface area contributed by atoms with Gasteiger partial charge in [0.05, 0.1) is 12.6 Å². The Bertz CT molecular complexity index is 322. The Hall–Kier alpha value is -0.900. The number of nitrogens with zero attached hydrogens (tertiary/aromatic N) is 1. The molecule has 4 heteroatoms. The van der Waals surface area contributed by atoms with Gasteiger partial charge in [0, 0.05) is 0 Å². The van der Waals surface area contributed by atoms with Gasteiger partial charge in [-0.05, 0) is 25.8 Å². The number of carbonyl (C=O) groups excluding carboxylic acids is 1. The van der Waals surface area contributed by atoms with Gasteiger partial charge in [0.15, 0.2) is 5.83 Å². The van der Waals surface area contributed by atoms with Gasteiger partial charge >= 0.3 is 0 Å². The van der Waals surface area contributed by atoms with E-state index in [-0.39, 0.29) is 6.04 Å². The smallest absolute Gasteiger partial charge is 0.285 e. The number of fused-ring (bicyclic) bond motifs is 1. The van der Waals surface area contributed by atoms with Gasteiger partial charge in [0.1, 0.15) is 5.72 Å². The number of ether oxygens (including phenoxy) is 1. The highest BCUT2D eigenvalue weighted by atomic mass is 19.1. The third-order valence-corrected chi connectivity index (χ3v) is 2.96. The van der Waals surface area contributed by atoms with Crippen LogP contribution in [0, 0.1) is 0 Å². The van der Waals surface area contributed by atoms with Crippen molar-refractivity contribution < 1.29 is 13.9 Å². The lowest BCUT2D eigenvalue weighted by Gasteiger charge is -2.29. The van der Waals surface area contributed by atoms with Crippen LogP contribution in [0.3, 0.4) is 0 Å². The molecule has 2 heterocycles. The first-order valence-corrected chi connectivity index (χ1v) is 4.85. The molecule has 0 N–H and O–H groups in total. The summed E-state index contributed by atoms with van der Waals surface area (Å²) < 4.78 is 18.9. The highest BCUT2D eigenvalue weighted by molar-refractivity contribution is 5.96. The molecular formula is C10H14FNO2. The Balaban J connectivity index is 2.40. The Morgan fingerprint density at radius 1 is 1.64 bits per heavy atom. The minimum Gasteiger partial charge on any atom is -0.354 e. The van der Waals surface area contributed by atoms with Crippen molar-refractivity contribution in [3.05, 3.63) is 11.4 Å². The summed E-state index contributed by atoms with van der Waals surface area (Å²) in [6, 6.07) is -0.178. The highest BCUT2D eigenvalue weighted by Gasteiger charge is 2.51. The predicted octanol–water partition coefficient (Wildman–Crippen LogP) is 1.60. The number of rotatable bonds is 1. The second kappa shape index (κ2) is 2.79. The van der Waals surface area contributed by atoms with Crippen molar-refractivity contribution >= 4 is 5.91 Å². The zero-order chi connectivity index (χ0) is 10.5. The Morgan fingerprint density at radius 2 is 2.29 bits per heavy atom. The second-order valence-electron chi connectivity index (χ2n) is 4.14. The molecule has 0 aliphatic carbocycles. The fourth-order valence-corrected chi connectivity index (χ4v) is 2.22. The molecular weight excluding hydrogens is 185 g/mol. The summed E-state index contributed by atoms with van der Waals surface area (Å²) in [5.41, 5.74) is -0.0868. The summed E-state index contributed by atoms with van der Waals surface area (Å²) in [6.45, 7) is 5.85. The van der Waals surface area contributed by atoms with Gasteiger partial charge in [-0.15, -0.1) is 0 Å².